The molecule has 0 aliphatic rings. The molecule has 0 bridgehead atoms. The third-order valence-corrected chi connectivity index (χ3v) is 3.18. The second kappa shape index (κ2) is 5.78. The fourth-order valence-electron chi connectivity index (χ4n) is 2.35. The van der Waals surface area contributed by atoms with Crippen LogP contribution >= 0.6 is 0 Å². The van der Waals surface area contributed by atoms with E-state index in [-0.39, 0.29) is 0 Å². The molecule has 0 fully saturated rings. The molecular formula is C16H20N2. The van der Waals surface area contributed by atoms with Gasteiger partial charge in [-0.25, -0.2) is 0 Å². The zero-order valence-electron chi connectivity index (χ0n) is 11.3. The monoisotopic (exact) mass is 240 g/mol. The number of pyridine rings is 1. The van der Waals surface area contributed by atoms with Crippen LogP contribution in [-0.4, -0.2) is 12.0 Å². The van der Waals surface area contributed by atoms with Crippen LogP contribution in [0.15, 0.2) is 42.7 Å². The first-order valence-electron chi connectivity index (χ1n) is 6.33. The van der Waals surface area contributed by atoms with Crippen molar-refractivity contribution in [1.29, 1.82) is 0 Å². The molecule has 0 amide bonds. The fraction of sp³-hybridized carbons (Fsp3) is 0.312. The Kier molecular flexibility index (Phi) is 4.11. The molecule has 0 spiro atoms. The highest BCUT2D eigenvalue weighted by Crippen LogP contribution is 2.20. The van der Waals surface area contributed by atoms with Crippen LogP contribution in [0.2, 0.25) is 0 Å². The lowest BCUT2D eigenvalue weighted by Gasteiger charge is -2.18. The van der Waals surface area contributed by atoms with Crippen LogP contribution in [-0.2, 0) is 6.42 Å². The zero-order valence-corrected chi connectivity index (χ0v) is 11.3. The van der Waals surface area contributed by atoms with Crippen LogP contribution in [0.1, 0.15) is 28.3 Å². The molecule has 18 heavy (non-hydrogen) atoms. The van der Waals surface area contributed by atoms with Crippen LogP contribution in [0.5, 0.6) is 0 Å². The van der Waals surface area contributed by atoms with Gasteiger partial charge in [0.25, 0.3) is 0 Å². The first-order chi connectivity index (χ1) is 8.69. The van der Waals surface area contributed by atoms with Crippen molar-refractivity contribution in [2.24, 2.45) is 0 Å². The molecule has 0 saturated carbocycles. The van der Waals surface area contributed by atoms with Crippen LogP contribution in [0.25, 0.3) is 0 Å². The lowest BCUT2D eigenvalue weighted by molar-refractivity contribution is 0.591. The quantitative estimate of drug-likeness (QED) is 0.887. The summed E-state index contributed by atoms with van der Waals surface area (Å²) in [6, 6.07) is 11.2. The summed E-state index contributed by atoms with van der Waals surface area (Å²) in [5, 5.41) is 3.40. The third-order valence-electron chi connectivity index (χ3n) is 3.18. The largest absolute Gasteiger partial charge is 0.313 e. The van der Waals surface area contributed by atoms with Gasteiger partial charge in [-0.3, -0.25) is 4.98 Å². The van der Waals surface area contributed by atoms with Gasteiger partial charge in [-0.05, 0) is 50.6 Å². The van der Waals surface area contributed by atoms with E-state index in [0.717, 1.165) is 6.42 Å². The summed E-state index contributed by atoms with van der Waals surface area (Å²) in [6.07, 6.45) is 4.69. The standard InChI is InChI=1S/C16H20N2/c1-12-8-13(2)10-15(9-12)16(17-3)11-14-4-6-18-7-5-14/h4-10,16-17H,11H2,1-3H3. The maximum absolute atomic E-state index is 4.06. The molecule has 2 aromatic rings. The molecule has 1 aromatic heterocycles. The Labute approximate surface area is 109 Å². The van der Waals surface area contributed by atoms with Gasteiger partial charge in [0.15, 0.2) is 0 Å². The van der Waals surface area contributed by atoms with E-state index >= 15 is 0 Å². The minimum Gasteiger partial charge on any atom is -0.313 e. The highest BCUT2D eigenvalue weighted by Gasteiger charge is 2.10. The maximum atomic E-state index is 4.06. The van der Waals surface area contributed by atoms with Gasteiger partial charge in [-0.2, -0.15) is 0 Å². The van der Waals surface area contributed by atoms with Gasteiger partial charge >= 0.3 is 0 Å². The molecule has 1 aromatic carbocycles. The van der Waals surface area contributed by atoms with Gasteiger partial charge in [0.1, 0.15) is 0 Å². The Morgan fingerprint density at radius 2 is 1.67 bits per heavy atom. The van der Waals surface area contributed by atoms with E-state index in [9.17, 15) is 0 Å². The minimum absolute atomic E-state index is 0.353. The Morgan fingerprint density at radius 3 is 2.22 bits per heavy atom. The van der Waals surface area contributed by atoms with Crippen LogP contribution in [0.4, 0.5) is 0 Å². The van der Waals surface area contributed by atoms with Crippen molar-refractivity contribution in [3.05, 3.63) is 65.0 Å². The molecule has 0 saturated heterocycles. The second-order valence-corrected chi connectivity index (χ2v) is 4.82. The van der Waals surface area contributed by atoms with E-state index in [1.165, 1.54) is 22.3 Å². The van der Waals surface area contributed by atoms with E-state index in [0.29, 0.717) is 6.04 Å². The molecule has 94 valence electrons. The molecular weight excluding hydrogens is 220 g/mol. The summed E-state index contributed by atoms with van der Waals surface area (Å²) in [5.41, 5.74) is 5.30. The molecule has 0 aliphatic heterocycles. The lowest BCUT2D eigenvalue weighted by Crippen LogP contribution is -2.19. The Balaban J connectivity index is 2.23. The van der Waals surface area contributed by atoms with E-state index in [4.69, 9.17) is 0 Å². The van der Waals surface area contributed by atoms with Crippen LogP contribution in [0.3, 0.4) is 0 Å². The fourth-order valence-corrected chi connectivity index (χ4v) is 2.35. The number of aryl methyl sites for hydroxylation is 2. The van der Waals surface area contributed by atoms with Crippen molar-refractivity contribution < 1.29 is 0 Å². The third kappa shape index (κ3) is 3.17. The Morgan fingerprint density at radius 1 is 1.06 bits per heavy atom. The zero-order chi connectivity index (χ0) is 13.0. The van der Waals surface area contributed by atoms with E-state index in [1.807, 2.05) is 19.4 Å². The summed E-state index contributed by atoms with van der Waals surface area (Å²) in [6.45, 7) is 4.30. The number of likely N-dealkylation sites (N-methyl/N-ethyl adjacent to an activating group) is 1. The lowest BCUT2D eigenvalue weighted by atomic mass is 9.96. The summed E-state index contributed by atoms with van der Waals surface area (Å²) in [5.74, 6) is 0. The van der Waals surface area contributed by atoms with Gasteiger partial charge in [0.2, 0.25) is 0 Å². The molecule has 2 heteroatoms. The number of rotatable bonds is 4. The van der Waals surface area contributed by atoms with Crippen molar-refractivity contribution >= 4 is 0 Å². The first kappa shape index (κ1) is 12.8. The number of nitrogens with one attached hydrogen (secondary N) is 1. The summed E-state index contributed by atoms with van der Waals surface area (Å²) in [7, 11) is 2.02. The van der Waals surface area contributed by atoms with Crippen molar-refractivity contribution in [2.75, 3.05) is 7.05 Å². The Hall–Kier alpha value is -1.67. The van der Waals surface area contributed by atoms with Gasteiger partial charge in [0.05, 0.1) is 0 Å². The van der Waals surface area contributed by atoms with Crippen molar-refractivity contribution in [1.82, 2.24) is 10.3 Å². The summed E-state index contributed by atoms with van der Waals surface area (Å²) < 4.78 is 0. The average molecular weight is 240 g/mol. The summed E-state index contributed by atoms with van der Waals surface area (Å²) >= 11 is 0. The first-order valence-corrected chi connectivity index (χ1v) is 6.33. The van der Waals surface area contributed by atoms with Gasteiger partial charge < -0.3 is 5.32 Å². The van der Waals surface area contributed by atoms with Gasteiger partial charge in [-0.15, -0.1) is 0 Å². The van der Waals surface area contributed by atoms with Crippen molar-refractivity contribution in [3.8, 4) is 0 Å². The number of hydrogen-bond acceptors (Lipinski definition) is 2. The number of nitrogens with zero attached hydrogens (tertiary/aromatic N) is 1. The van der Waals surface area contributed by atoms with Crippen molar-refractivity contribution in [2.45, 2.75) is 26.3 Å². The second-order valence-electron chi connectivity index (χ2n) is 4.82. The smallest absolute Gasteiger partial charge is 0.0358 e. The average Bonchev–Trinajstić information content (AvgIpc) is 2.36. The van der Waals surface area contributed by atoms with Crippen LogP contribution in [0, 0.1) is 13.8 Å². The summed E-state index contributed by atoms with van der Waals surface area (Å²) in [4.78, 5) is 4.06. The Bertz CT molecular complexity index is 486. The normalized spacial score (nSPS) is 12.4. The molecule has 1 N–H and O–H groups in total. The molecule has 1 heterocycles. The van der Waals surface area contributed by atoms with E-state index < -0.39 is 0 Å². The molecule has 0 aliphatic carbocycles. The molecule has 2 rings (SSSR count). The number of aromatic nitrogens is 1. The maximum Gasteiger partial charge on any atom is 0.0358 e. The SMILES string of the molecule is CNC(Cc1ccncc1)c1cc(C)cc(C)c1. The number of hydrogen-bond donors (Lipinski definition) is 1. The number of benzene rings is 1. The predicted octanol–water partition coefficient (Wildman–Crippen LogP) is 3.20. The topological polar surface area (TPSA) is 24.9 Å². The van der Waals surface area contributed by atoms with Crippen molar-refractivity contribution in [3.63, 3.8) is 0 Å². The highest BCUT2D eigenvalue weighted by molar-refractivity contribution is 5.31. The molecule has 1 unspecified atom stereocenters. The highest BCUT2D eigenvalue weighted by atomic mass is 14.9. The van der Waals surface area contributed by atoms with Gasteiger partial charge in [0, 0.05) is 18.4 Å². The van der Waals surface area contributed by atoms with E-state index in [1.54, 1.807) is 0 Å². The van der Waals surface area contributed by atoms with Crippen LogP contribution < -0.4 is 5.32 Å². The van der Waals surface area contributed by atoms with Gasteiger partial charge in [-0.1, -0.05) is 29.3 Å². The molecule has 0 radical (unpaired) electrons. The van der Waals surface area contributed by atoms with E-state index in [2.05, 4.69) is 54.5 Å². The predicted molar refractivity (Wildman–Crippen MR) is 75.7 cm³/mol. The molecule has 1 atom stereocenters. The minimum atomic E-state index is 0.353. The molecule has 2 nitrogen and oxygen atoms in total.